The summed E-state index contributed by atoms with van der Waals surface area (Å²) in [5, 5.41) is 14.2. The van der Waals surface area contributed by atoms with E-state index < -0.39 is 5.92 Å². The van der Waals surface area contributed by atoms with Gasteiger partial charge in [-0.1, -0.05) is 18.5 Å². The van der Waals surface area contributed by atoms with Crippen LogP contribution in [0.1, 0.15) is 19.8 Å². The first-order chi connectivity index (χ1) is 8.60. The molecule has 0 aliphatic carbocycles. The molecule has 0 fully saturated rings. The number of rotatable bonds is 9. The van der Waals surface area contributed by atoms with Gasteiger partial charge >= 0.3 is 0 Å². The molecule has 7 nitrogen and oxygen atoms in total. The lowest BCUT2D eigenvalue weighted by atomic mass is 10.0. The van der Waals surface area contributed by atoms with Gasteiger partial charge < -0.3 is 25.7 Å². The van der Waals surface area contributed by atoms with Gasteiger partial charge in [0.05, 0.1) is 18.6 Å². The van der Waals surface area contributed by atoms with Gasteiger partial charge in [0.15, 0.2) is 5.84 Å². The number of hydrogen-bond donors (Lipinski definition) is 3. The normalized spacial score (nSPS) is 15.2. The van der Waals surface area contributed by atoms with E-state index in [9.17, 15) is 4.79 Å². The first-order valence-electron chi connectivity index (χ1n) is 5.87. The Morgan fingerprint density at radius 3 is 2.61 bits per heavy atom. The predicted molar refractivity (Wildman–Crippen MR) is 67.5 cm³/mol. The summed E-state index contributed by atoms with van der Waals surface area (Å²) in [5.74, 6) is -0.958. The first-order valence-corrected chi connectivity index (χ1v) is 5.87. The topological polar surface area (TPSA) is 106 Å². The third-order valence-corrected chi connectivity index (χ3v) is 2.56. The monoisotopic (exact) mass is 261 g/mol. The van der Waals surface area contributed by atoms with Crippen LogP contribution >= 0.6 is 0 Å². The van der Waals surface area contributed by atoms with Crippen LogP contribution in [0.5, 0.6) is 0 Å². The fourth-order valence-corrected chi connectivity index (χ4v) is 1.51. The van der Waals surface area contributed by atoms with E-state index in [0.717, 1.165) is 6.42 Å². The lowest BCUT2D eigenvalue weighted by Gasteiger charge is -2.18. The summed E-state index contributed by atoms with van der Waals surface area (Å²) in [7, 11) is 3.10. The zero-order valence-electron chi connectivity index (χ0n) is 11.2. The molecule has 0 saturated carbocycles. The number of nitrogens with zero attached hydrogens (tertiary/aromatic N) is 1. The van der Waals surface area contributed by atoms with E-state index in [2.05, 4.69) is 10.5 Å². The summed E-state index contributed by atoms with van der Waals surface area (Å²) >= 11 is 0. The highest BCUT2D eigenvalue weighted by Crippen LogP contribution is 2.07. The molecule has 0 aromatic carbocycles. The number of nitrogens with two attached hydrogens (primary N) is 1. The second kappa shape index (κ2) is 9.67. The molecule has 18 heavy (non-hydrogen) atoms. The Morgan fingerprint density at radius 2 is 2.17 bits per heavy atom. The zero-order valence-corrected chi connectivity index (χ0v) is 11.2. The minimum absolute atomic E-state index is 0.0740. The molecular weight excluding hydrogens is 238 g/mol. The van der Waals surface area contributed by atoms with E-state index in [1.54, 1.807) is 14.2 Å². The van der Waals surface area contributed by atoms with Crippen LogP contribution < -0.4 is 11.1 Å². The maximum absolute atomic E-state index is 11.9. The van der Waals surface area contributed by atoms with Crippen molar-refractivity contribution in [1.29, 1.82) is 0 Å². The van der Waals surface area contributed by atoms with E-state index in [0.29, 0.717) is 19.6 Å². The van der Waals surface area contributed by atoms with Crippen molar-refractivity contribution in [2.75, 3.05) is 27.4 Å². The van der Waals surface area contributed by atoms with Crippen LogP contribution in [0, 0.1) is 5.92 Å². The Balaban J connectivity index is 4.33. The Hall–Kier alpha value is -1.34. The molecule has 4 N–H and O–H groups in total. The van der Waals surface area contributed by atoms with Crippen LogP contribution in [-0.2, 0) is 14.3 Å². The second-order valence-electron chi connectivity index (χ2n) is 3.92. The summed E-state index contributed by atoms with van der Waals surface area (Å²) in [6.07, 6.45) is 1.08. The van der Waals surface area contributed by atoms with Crippen molar-refractivity contribution in [1.82, 2.24) is 5.32 Å². The van der Waals surface area contributed by atoms with Crippen LogP contribution in [-0.4, -0.2) is 50.4 Å². The van der Waals surface area contributed by atoms with Crippen molar-refractivity contribution in [2.24, 2.45) is 16.8 Å². The Labute approximate surface area is 107 Å². The van der Waals surface area contributed by atoms with E-state index in [1.165, 1.54) is 0 Å². The number of carbonyl (C=O) groups excluding carboxylic acids is 1. The molecule has 0 bridgehead atoms. The number of amides is 1. The SMILES string of the molecule is CCCC(C(=O)NCC(COC)OC)C(N)=NO. The lowest BCUT2D eigenvalue weighted by Crippen LogP contribution is -2.43. The quantitative estimate of drug-likeness (QED) is 0.233. The van der Waals surface area contributed by atoms with E-state index in [4.69, 9.17) is 20.4 Å². The van der Waals surface area contributed by atoms with Gasteiger partial charge in [0.1, 0.15) is 0 Å². The number of ether oxygens (including phenoxy) is 2. The van der Waals surface area contributed by atoms with Gasteiger partial charge in [-0.2, -0.15) is 0 Å². The fourth-order valence-electron chi connectivity index (χ4n) is 1.51. The van der Waals surface area contributed by atoms with Gasteiger partial charge in [0.25, 0.3) is 0 Å². The highest BCUT2D eigenvalue weighted by atomic mass is 16.5. The van der Waals surface area contributed by atoms with Gasteiger partial charge in [-0.15, -0.1) is 0 Å². The average molecular weight is 261 g/mol. The van der Waals surface area contributed by atoms with Gasteiger partial charge in [-0.25, -0.2) is 0 Å². The van der Waals surface area contributed by atoms with E-state index in [-0.39, 0.29) is 17.8 Å². The Kier molecular flexibility index (Phi) is 8.95. The maximum atomic E-state index is 11.9. The van der Waals surface area contributed by atoms with Crippen LogP contribution in [0.2, 0.25) is 0 Å². The van der Waals surface area contributed by atoms with Crippen LogP contribution in [0.25, 0.3) is 0 Å². The molecule has 2 unspecified atom stereocenters. The Bertz CT molecular complexity index is 271. The zero-order chi connectivity index (χ0) is 14.0. The largest absolute Gasteiger partial charge is 0.409 e. The van der Waals surface area contributed by atoms with Gasteiger partial charge in [-0.05, 0) is 6.42 Å². The molecule has 7 heteroatoms. The summed E-state index contributed by atoms with van der Waals surface area (Å²) in [6, 6.07) is 0. The highest BCUT2D eigenvalue weighted by Gasteiger charge is 2.22. The standard InChI is InChI=1S/C11H23N3O4/c1-4-5-9(10(12)14-16)11(15)13-6-8(18-3)7-17-2/h8-9,16H,4-7H2,1-3H3,(H2,12,14)(H,13,15). The third-order valence-electron chi connectivity index (χ3n) is 2.56. The predicted octanol–water partition coefficient (Wildman–Crippen LogP) is -0.0733. The number of methoxy groups -OCH3 is 2. The van der Waals surface area contributed by atoms with Crippen LogP contribution in [0.15, 0.2) is 5.16 Å². The molecule has 0 aliphatic rings. The van der Waals surface area contributed by atoms with Crippen molar-refractivity contribution in [3.05, 3.63) is 0 Å². The number of amidine groups is 1. The average Bonchev–Trinajstić information content (AvgIpc) is 2.39. The summed E-state index contributed by atoms with van der Waals surface area (Å²) in [6.45, 7) is 2.63. The van der Waals surface area contributed by atoms with E-state index >= 15 is 0 Å². The second-order valence-corrected chi connectivity index (χ2v) is 3.92. The van der Waals surface area contributed by atoms with Gasteiger partial charge in [0.2, 0.25) is 5.91 Å². The van der Waals surface area contributed by atoms with Crippen LogP contribution in [0.4, 0.5) is 0 Å². The Morgan fingerprint density at radius 1 is 1.50 bits per heavy atom. The minimum Gasteiger partial charge on any atom is -0.409 e. The molecule has 1 amide bonds. The number of hydrogen-bond acceptors (Lipinski definition) is 5. The third kappa shape index (κ3) is 5.83. The van der Waals surface area contributed by atoms with Crippen molar-refractivity contribution >= 4 is 11.7 Å². The van der Waals surface area contributed by atoms with Crippen LogP contribution in [0.3, 0.4) is 0 Å². The van der Waals surface area contributed by atoms with Crippen molar-refractivity contribution in [3.8, 4) is 0 Å². The van der Waals surface area contributed by atoms with Gasteiger partial charge in [-0.3, -0.25) is 4.79 Å². The molecule has 0 aliphatic heterocycles. The van der Waals surface area contributed by atoms with Crippen molar-refractivity contribution in [2.45, 2.75) is 25.9 Å². The molecule has 0 aromatic rings. The molecular formula is C11H23N3O4. The summed E-state index contributed by atoms with van der Waals surface area (Å²) in [5.41, 5.74) is 5.48. The summed E-state index contributed by atoms with van der Waals surface area (Å²) < 4.78 is 10.1. The molecule has 0 saturated heterocycles. The fraction of sp³-hybridized carbons (Fsp3) is 0.818. The minimum atomic E-state index is -0.611. The van der Waals surface area contributed by atoms with Crippen molar-refractivity contribution in [3.63, 3.8) is 0 Å². The first kappa shape index (κ1) is 16.7. The number of carbonyl (C=O) groups is 1. The molecule has 0 spiro atoms. The smallest absolute Gasteiger partial charge is 0.230 e. The number of nitrogens with one attached hydrogen (secondary N) is 1. The van der Waals surface area contributed by atoms with Crippen molar-refractivity contribution < 1.29 is 19.5 Å². The molecule has 2 atom stereocenters. The molecule has 0 heterocycles. The lowest BCUT2D eigenvalue weighted by molar-refractivity contribution is -0.124. The molecule has 0 aromatic heterocycles. The van der Waals surface area contributed by atoms with Gasteiger partial charge in [0, 0.05) is 20.8 Å². The molecule has 106 valence electrons. The molecule has 0 rings (SSSR count). The maximum Gasteiger partial charge on any atom is 0.230 e. The van der Waals surface area contributed by atoms with E-state index in [1.807, 2.05) is 6.92 Å². The number of oxime groups is 1. The highest BCUT2D eigenvalue weighted by molar-refractivity contribution is 6.02. The summed E-state index contributed by atoms with van der Waals surface area (Å²) in [4.78, 5) is 11.9. The molecule has 0 radical (unpaired) electrons.